The van der Waals surface area contributed by atoms with Crippen molar-refractivity contribution >= 4 is 21.4 Å². The summed E-state index contributed by atoms with van der Waals surface area (Å²) in [5.74, 6) is 0. The Hall–Kier alpha value is -1.21. The Morgan fingerprint density at radius 2 is 1.76 bits per heavy atom. The van der Waals surface area contributed by atoms with Crippen LogP contribution in [-0.4, -0.2) is 15.0 Å². The molecule has 2 aromatic rings. The zero-order valence-corrected chi connectivity index (χ0v) is 13.6. The summed E-state index contributed by atoms with van der Waals surface area (Å²) in [5, 5.41) is 0. The second-order valence-electron chi connectivity index (χ2n) is 4.73. The van der Waals surface area contributed by atoms with Crippen LogP contribution in [0.15, 0.2) is 41.3 Å². The maximum atomic E-state index is 12.2. The molecular formula is C15H20N2O2S2. The van der Waals surface area contributed by atoms with Crippen molar-refractivity contribution < 1.29 is 8.42 Å². The van der Waals surface area contributed by atoms with Crippen LogP contribution in [0.5, 0.6) is 0 Å². The molecule has 3 N–H and O–H groups in total. The number of nitrogens with one attached hydrogen (secondary N) is 1. The molecule has 0 bridgehead atoms. The fourth-order valence-corrected chi connectivity index (χ4v) is 3.95. The predicted molar refractivity (Wildman–Crippen MR) is 86.9 cm³/mol. The maximum absolute atomic E-state index is 12.2. The maximum Gasteiger partial charge on any atom is 0.240 e. The second-order valence-corrected chi connectivity index (χ2v) is 7.75. The first-order valence-corrected chi connectivity index (χ1v) is 9.21. The highest BCUT2D eigenvalue weighted by Crippen LogP contribution is 2.18. The first kappa shape index (κ1) is 16.2. The SMILES string of the molecule is CCc1ccc(CNS(=O)(=O)c2ccc(CCN)cc2)s1. The van der Waals surface area contributed by atoms with E-state index in [1.165, 1.54) is 4.88 Å². The third kappa shape index (κ3) is 4.38. The van der Waals surface area contributed by atoms with E-state index in [0.717, 1.165) is 23.3 Å². The van der Waals surface area contributed by atoms with Crippen molar-refractivity contribution in [1.29, 1.82) is 0 Å². The largest absolute Gasteiger partial charge is 0.330 e. The Morgan fingerprint density at radius 1 is 1.10 bits per heavy atom. The first-order valence-electron chi connectivity index (χ1n) is 6.91. The van der Waals surface area contributed by atoms with Gasteiger partial charge in [-0.1, -0.05) is 19.1 Å². The minimum atomic E-state index is -3.46. The van der Waals surface area contributed by atoms with E-state index in [9.17, 15) is 8.42 Å². The quantitative estimate of drug-likeness (QED) is 0.821. The molecule has 21 heavy (non-hydrogen) atoms. The lowest BCUT2D eigenvalue weighted by molar-refractivity contribution is 0.582. The molecule has 1 heterocycles. The van der Waals surface area contributed by atoms with Crippen LogP contribution in [0.25, 0.3) is 0 Å². The van der Waals surface area contributed by atoms with Crippen molar-refractivity contribution in [3.05, 3.63) is 51.7 Å². The number of rotatable bonds is 7. The van der Waals surface area contributed by atoms with Gasteiger partial charge < -0.3 is 5.73 Å². The third-order valence-electron chi connectivity index (χ3n) is 3.17. The zero-order chi connectivity index (χ0) is 15.3. The van der Waals surface area contributed by atoms with Gasteiger partial charge in [-0.15, -0.1) is 11.3 Å². The second kappa shape index (κ2) is 7.17. The average molecular weight is 324 g/mol. The van der Waals surface area contributed by atoms with Gasteiger partial charge >= 0.3 is 0 Å². The number of nitrogens with two attached hydrogens (primary N) is 1. The number of hydrogen-bond acceptors (Lipinski definition) is 4. The molecule has 0 saturated heterocycles. The molecule has 6 heteroatoms. The Morgan fingerprint density at radius 3 is 2.33 bits per heavy atom. The number of sulfonamides is 1. The van der Waals surface area contributed by atoms with Gasteiger partial charge in [0.25, 0.3) is 0 Å². The summed E-state index contributed by atoms with van der Waals surface area (Å²) >= 11 is 1.64. The van der Waals surface area contributed by atoms with E-state index in [1.807, 2.05) is 24.3 Å². The zero-order valence-electron chi connectivity index (χ0n) is 12.0. The molecule has 0 amide bonds. The van der Waals surface area contributed by atoms with Crippen molar-refractivity contribution in [2.45, 2.75) is 31.2 Å². The molecule has 0 aliphatic carbocycles. The molecule has 2 rings (SSSR count). The molecule has 1 aromatic carbocycles. The lowest BCUT2D eigenvalue weighted by atomic mass is 10.2. The fourth-order valence-electron chi connectivity index (χ4n) is 1.96. The van der Waals surface area contributed by atoms with E-state index in [1.54, 1.807) is 23.5 Å². The lowest BCUT2D eigenvalue weighted by Gasteiger charge is -2.06. The van der Waals surface area contributed by atoms with Crippen molar-refractivity contribution in [3.63, 3.8) is 0 Å². The van der Waals surface area contributed by atoms with Crippen LogP contribution >= 0.6 is 11.3 Å². The minimum Gasteiger partial charge on any atom is -0.330 e. The van der Waals surface area contributed by atoms with E-state index >= 15 is 0 Å². The third-order valence-corrected chi connectivity index (χ3v) is 5.82. The average Bonchev–Trinajstić information content (AvgIpc) is 2.94. The van der Waals surface area contributed by atoms with Crippen LogP contribution in [-0.2, 0) is 29.4 Å². The van der Waals surface area contributed by atoms with Crippen molar-refractivity contribution in [2.24, 2.45) is 5.73 Å². The van der Waals surface area contributed by atoms with Crippen LogP contribution < -0.4 is 10.5 Å². The van der Waals surface area contributed by atoms with Gasteiger partial charge in [-0.25, -0.2) is 13.1 Å². The van der Waals surface area contributed by atoms with Gasteiger partial charge in [0.1, 0.15) is 0 Å². The summed E-state index contributed by atoms with van der Waals surface area (Å²) < 4.78 is 27.1. The van der Waals surface area contributed by atoms with Crippen LogP contribution in [0.3, 0.4) is 0 Å². The van der Waals surface area contributed by atoms with E-state index in [0.29, 0.717) is 13.1 Å². The fraction of sp³-hybridized carbons (Fsp3) is 0.333. The highest BCUT2D eigenvalue weighted by molar-refractivity contribution is 7.89. The summed E-state index contributed by atoms with van der Waals surface area (Å²) in [5.41, 5.74) is 6.52. The number of hydrogen-bond donors (Lipinski definition) is 2. The number of aryl methyl sites for hydroxylation is 1. The molecule has 0 atom stereocenters. The molecule has 0 spiro atoms. The highest BCUT2D eigenvalue weighted by Gasteiger charge is 2.13. The summed E-state index contributed by atoms with van der Waals surface area (Å²) in [4.78, 5) is 2.57. The van der Waals surface area contributed by atoms with Crippen molar-refractivity contribution in [2.75, 3.05) is 6.54 Å². The molecule has 0 radical (unpaired) electrons. The molecule has 0 aliphatic rings. The molecule has 1 aromatic heterocycles. The van der Waals surface area contributed by atoms with Gasteiger partial charge in [0.2, 0.25) is 10.0 Å². The topological polar surface area (TPSA) is 72.2 Å². The number of benzene rings is 1. The first-order chi connectivity index (χ1) is 10.0. The normalized spacial score (nSPS) is 11.7. The van der Waals surface area contributed by atoms with E-state index in [4.69, 9.17) is 5.73 Å². The van der Waals surface area contributed by atoms with Crippen LogP contribution in [0.4, 0.5) is 0 Å². The number of thiophene rings is 1. The molecule has 0 saturated carbocycles. The molecule has 114 valence electrons. The van der Waals surface area contributed by atoms with Crippen LogP contribution in [0.1, 0.15) is 22.2 Å². The van der Waals surface area contributed by atoms with Crippen molar-refractivity contribution in [1.82, 2.24) is 4.72 Å². The van der Waals surface area contributed by atoms with Gasteiger partial charge in [0.15, 0.2) is 0 Å². The molecular weight excluding hydrogens is 304 g/mol. The Balaban J connectivity index is 2.03. The van der Waals surface area contributed by atoms with Crippen molar-refractivity contribution in [3.8, 4) is 0 Å². The van der Waals surface area contributed by atoms with Crippen LogP contribution in [0.2, 0.25) is 0 Å². The monoisotopic (exact) mass is 324 g/mol. The van der Waals surface area contributed by atoms with E-state index in [2.05, 4.69) is 11.6 Å². The van der Waals surface area contributed by atoms with Gasteiger partial charge in [-0.05, 0) is 49.2 Å². The summed E-state index contributed by atoms with van der Waals surface area (Å²) in [7, 11) is -3.46. The Bertz CT molecular complexity index is 676. The minimum absolute atomic E-state index is 0.288. The summed E-state index contributed by atoms with van der Waals surface area (Å²) in [6.07, 6.45) is 1.72. The van der Waals surface area contributed by atoms with Gasteiger partial charge in [-0.3, -0.25) is 0 Å². The standard InChI is InChI=1S/C15H20N2O2S2/c1-2-13-5-6-14(20-13)11-17-21(18,19)15-7-3-12(4-8-15)9-10-16/h3-8,17H,2,9-11,16H2,1H3. The predicted octanol–water partition coefficient (Wildman–Crippen LogP) is 2.29. The van der Waals surface area contributed by atoms with Crippen LogP contribution in [0, 0.1) is 0 Å². The van der Waals surface area contributed by atoms with E-state index in [-0.39, 0.29) is 4.90 Å². The lowest BCUT2D eigenvalue weighted by Crippen LogP contribution is -2.22. The van der Waals surface area contributed by atoms with Gasteiger partial charge in [0, 0.05) is 16.3 Å². The van der Waals surface area contributed by atoms with Gasteiger partial charge in [-0.2, -0.15) is 0 Å². The highest BCUT2D eigenvalue weighted by atomic mass is 32.2. The molecule has 4 nitrogen and oxygen atoms in total. The molecule has 0 unspecified atom stereocenters. The van der Waals surface area contributed by atoms with Gasteiger partial charge in [0.05, 0.1) is 4.90 Å². The molecule has 0 aliphatic heterocycles. The smallest absolute Gasteiger partial charge is 0.240 e. The van der Waals surface area contributed by atoms with E-state index < -0.39 is 10.0 Å². The molecule has 0 fully saturated rings. The Labute approximate surface area is 130 Å². The summed E-state index contributed by atoms with van der Waals surface area (Å²) in [6.45, 7) is 2.97. The summed E-state index contributed by atoms with van der Waals surface area (Å²) in [6, 6.07) is 10.9. The Kier molecular flexibility index (Phi) is 5.52.